The molecule has 0 aliphatic carbocycles. The maximum Gasteiger partial charge on any atom is 0.414 e. The molecule has 1 atom stereocenters. The van der Waals surface area contributed by atoms with Crippen LogP contribution in [-0.4, -0.2) is 52.1 Å². The fourth-order valence-electron chi connectivity index (χ4n) is 4.61. The maximum absolute atomic E-state index is 12.7. The second-order valence-electron chi connectivity index (χ2n) is 9.13. The van der Waals surface area contributed by atoms with Gasteiger partial charge in [-0.2, -0.15) is 0 Å². The fraction of sp³-hybridized carbons (Fsp3) is 0.385. The molecule has 6 nitrogen and oxygen atoms in total. The minimum atomic E-state index is -2.78. The van der Waals surface area contributed by atoms with E-state index in [-0.39, 0.29) is 23.4 Å². The molecule has 7 heteroatoms. The normalized spacial score (nSPS) is 16.7. The fourth-order valence-corrected chi connectivity index (χ4v) is 9.21. The van der Waals surface area contributed by atoms with Gasteiger partial charge in [0.15, 0.2) is 0 Å². The van der Waals surface area contributed by atoms with Crippen LogP contribution in [0.1, 0.15) is 33.6 Å². The lowest BCUT2D eigenvalue weighted by Gasteiger charge is -2.45. The highest BCUT2D eigenvalue weighted by atomic mass is 28.4. The number of carbonyl (C=O) groups is 2. The Morgan fingerprint density at radius 1 is 0.939 bits per heavy atom. The molecule has 0 bridgehead atoms. The van der Waals surface area contributed by atoms with Crippen LogP contribution in [0.3, 0.4) is 0 Å². The zero-order chi connectivity index (χ0) is 24.1. The van der Waals surface area contributed by atoms with Crippen molar-refractivity contribution in [2.24, 2.45) is 0 Å². The van der Waals surface area contributed by atoms with E-state index in [4.69, 9.17) is 13.9 Å². The number of methoxy groups -OCH3 is 2. The number of hydrogen-bond donors (Lipinski definition) is 0. The first kappa shape index (κ1) is 24.7. The van der Waals surface area contributed by atoms with Crippen molar-refractivity contribution < 1.29 is 23.5 Å². The molecule has 0 radical (unpaired) electrons. The molecule has 0 saturated carbocycles. The smallest absolute Gasteiger partial charge is 0.414 e. The SMILES string of the molecule is COC(=O)C1=CCC[C@@H](CO[Si](c2ccccc2)(c2ccccc2)C(C)(C)C)N1C(=O)OC. The summed E-state index contributed by atoms with van der Waals surface area (Å²) in [5.74, 6) is -0.560. The number of amides is 1. The topological polar surface area (TPSA) is 65.1 Å². The van der Waals surface area contributed by atoms with E-state index in [1.165, 1.54) is 19.1 Å². The molecule has 1 aliphatic rings. The van der Waals surface area contributed by atoms with E-state index in [1.807, 2.05) is 36.4 Å². The van der Waals surface area contributed by atoms with E-state index in [0.717, 1.165) is 10.4 Å². The van der Waals surface area contributed by atoms with Crippen molar-refractivity contribution >= 4 is 30.8 Å². The van der Waals surface area contributed by atoms with Crippen molar-refractivity contribution in [1.29, 1.82) is 0 Å². The monoisotopic (exact) mass is 467 g/mol. The van der Waals surface area contributed by atoms with Gasteiger partial charge in [-0.15, -0.1) is 0 Å². The highest BCUT2D eigenvalue weighted by Gasteiger charge is 2.51. The molecule has 33 heavy (non-hydrogen) atoms. The predicted molar refractivity (Wildman–Crippen MR) is 131 cm³/mol. The quantitative estimate of drug-likeness (QED) is 0.477. The summed E-state index contributed by atoms with van der Waals surface area (Å²) in [6.07, 6.45) is 2.44. The van der Waals surface area contributed by atoms with Gasteiger partial charge < -0.3 is 13.9 Å². The number of rotatable bonds is 6. The van der Waals surface area contributed by atoms with Gasteiger partial charge in [-0.25, -0.2) is 9.59 Å². The summed E-state index contributed by atoms with van der Waals surface area (Å²) >= 11 is 0. The number of nitrogens with zero attached hydrogens (tertiary/aromatic N) is 1. The standard InChI is InChI=1S/C26H33NO5Si/c1-26(2,3)33(21-14-8-6-9-15-21,22-16-10-7-11-17-22)32-19-20-13-12-18-23(24(28)30-4)27(20)25(29)31-5/h6-11,14-18,20H,12-13,19H2,1-5H3/t20-/m0/s1. The second kappa shape index (κ2) is 10.4. The molecule has 2 aromatic rings. The maximum atomic E-state index is 12.7. The third-order valence-corrected chi connectivity index (χ3v) is 11.1. The molecule has 0 aromatic heterocycles. The molecule has 176 valence electrons. The van der Waals surface area contributed by atoms with Gasteiger partial charge in [0.05, 0.1) is 26.9 Å². The lowest BCUT2D eigenvalue weighted by molar-refractivity contribution is -0.138. The molecular formula is C26H33NO5Si. The van der Waals surface area contributed by atoms with Crippen molar-refractivity contribution in [2.75, 3.05) is 20.8 Å². The van der Waals surface area contributed by atoms with Gasteiger partial charge >= 0.3 is 12.1 Å². The summed E-state index contributed by atoms with van der Waals surface area (Å²) in [5.41, 5.74) is 0.201. The van der Waals surface area contributed by atoms with Crippen molar-refractivity contribution in [3.63, 3.8) is 0 Å². The molecule has 1 heterocycles. The van der Waals surface area contributed by atoms with E-state index < -0.39 is 20.4 Å². The zero-order valence-corrected chi connectivity index (χ0v) is 21.0. The average molecular weight is 468 g/mol. The van der Waals surface area contributed by atoms with Gasteiger partial charge in [0.25, 0.3) is 8.32 Å². The van der Waals surface area contributed by atoms with Gasteiger partial charge in [-0.3, -0.25) is 4.90 Å². The first-order valence-corrected chi connectivity index (χ1v) is 13.1. The number of hydrogen-bond acceptors (Lipinski definition) is 5. The van der Waals surface area contributed by atoms with Crippen molar-refractivity contribution in [1.82, 2.24) is 4.90 Å². The summed E-state index contributed by atoms with van der Waals surface area (Å²) in [6, 6.07) is 20.3. The van der Waals surface area contributed by atoms with Crippen LogP contribution in [0.5, 0.6) is 0 Å². The third-order valence-electron chi connectivity index (χ3n) is 6.14. The van der Waals surface area contributed by atoms with E-state index in [9.17, 15) is 9.59 Å². The summed E-state index contributed by atoms with van der Waals surface area (Å²) < 4.78 is 16.9. The van der Waals surface area contributed by atoms with Gasteiger partial charge in [0, 0.05) is 0 Å². The Hall–Kier alpha value is -2.90. The molecule has 1 amide bonds. The lowest BCUT2D eigenvalue weighted by Crippen LogP contribution is -2.67. The van der Waals surface area contributed by atoms with Crippen LogP contribution in [0.15, 0.2) is 72.4 Å². The molecule has 1 aliphatic heterocycles. The molecule has 0 spiro atoms. The molecule has 0 N–H and O–H groups in total. The van der Waals surface area contributed by atoms with Crippen LogP contribution in [0, 0.1) is 0 Å². The predicted octanol–water partition coefficient (Wildman–Crippen LogP) is 3.85. The molecule has 0 fully saturated rings. The van der Waals surface area contributed by atoms with E-state index in [0.29, 0.717) is 12.8 Å². The van der Waals surface area contributed by atoms with Gasteiger partial charge in [-0.1, -0.05) is 87.5 Å². The highest BCUT2D eigenvalue weighted by Crippen LogP contribution is 2.37. The largest absolute Gasteiger partial charge is 0.464 e. The van der Waals surface area contributed by atoms with Gasteiger partial charge in [-0.05, 0) is 28.3 Å². The minimum Gasteiger partial charge on any atom is -0.464 e. The number of carbonyl (C=O) groups excluding carboxylic acids is 2. The van der Waals surface area contributed by atoms with Crippen LogP contribution in [0.2, 0.25) is 5.04 Å². The van der Waals surface area contributed by atoms with Crippen molar-refractivity contribution in [3.05, 3.63) is 72.4 Å². The van der Waals surface area contributed by atoms with Gasteiger partial charge in [0.1, 0.15) is 5.70 Å². The number of ether oxygens (including phenoxy) is 2. The first-order chi connectivity index (χ1) is 15.8. The third kappa shape index (κ3) is 4.89. The summed E-state index contributed by atoms with van der Waals surface area (Å²) in [7, 11) is -0.162. The Labute approximate surface area is 197 Å². The van der Waals surface area contributed by atoms with Crippen molar-refractivity contribution in [2.45, 2.75) is 44.7 Å². The minimum absolute atomic E-state index is 0.193. The van der Waals surface area contributed by atoms with Gasteiger partial charge in [0.2, 0.25) is 0 Å². The van der Waals surface area contributed by atoms with E-state index in [1.54, 1.807) is 6.08 Å². The van der Waals surface area contributed by atoms with E-state index >= 15 is 0 Å². The summed E-state index contributed by atoms with van der Waals surface area (Å²) in [6.45, 7) is 6.89. The van der Waals surface area contributed by atoms with Crippen LogP contribution in [-0.2, 0) is 18.7 Å². The van der Waals surface area contributed by atoms with Crippen LogP contribution < -0.4 is 10.4 Å². The Balaban J connectivity index is 2.05. The Bertz CT molecular complexity index is 945. The number of esters is 1. The summed E-state index contributed by atoms with van der Waals surface area (Å²) in [5, 5.41) is 2.13. The molecular weight excluding hydrogens is 434 g/mol. The average Bonchev–Trinajstić information content (AvgIpc) is 2.83. The first-order valence-electron chi connectivity index (χ1n) is 11.2. The number of allylic oxidation sites excluding steroid dienone is 1. The molecule has 3 rings (SSSR count). The number of benzene rings is 2. The van der Waals surface area contributed by atoms with Crippen LogP contribution >= 0.6 is 0 Å². The lowest BCUT2D eigenvalue weighted by atomic mass is 10.0. The van der Waals surface area contributed by atoms with E-state index in [2.05, 4.69) is 45.0 Å². The van der Waals surface area contributed by atoms with Crippen molar-refractivity contribution in [3.8, 4) is 0 Å². The Morgan fingerprint density at radius 3 is 1.94 bits per heavy atom. The molecule has 0 unspecified atom stereocenters. The Kier molecular flexibility index (Phi) is 7.76. The zero-order valence-electron chi connectivity index (χ0n) is 20.0. The second-order valence-corrected chi connectivity index (χ2v) is 13.4. The van der Waals surface area contributed by atoms with Crippen LogP contribution in [0.4, 0.5) is 4.79 Å². The summed E-state index contributed by atoms with van der Waals surface area (Å²) in [4.78, 5) is 26.4. The van der Waals surface area contributed by atoms with Crippen LogP contribution in [0.25, 0.3) is 0 Å². The Morgan fingerprint density at radius 2 is 1.48 bits per heavy atom. The molecule has 2 aromatic carbocycles. The highest BCUT2D eigenvalue weighted by molar-refractivity contribution is 6.99. The molecule has 0 saturated heterocycles.